The molecule has 0 bridgehead atoms. The second-order valence-corrected chi connectivity index (χ2v) is 13.3. The van der Waals surface area contributed by atoms with Gasteiger partial charge in [0, 0.05) is 12.8 Å². The minimum atomic E-state index is -0.928. The Morgan fingerprint density at radius 1 is 1.18 bits per heavy atom. The van der Waals surface area contributed by atoms with E-state index in [4.69, 9.17) is 0 Å². The van der Waals surface area contributed by atoms with Crippen LogP contribution >= 0.6 is 11.8 Å². The number of thioether (sulfide) groups is 1. The fraction of sp³-hybridized carbons (Fsp3) is 0.793. The van der Waals surface area contributed by atoms with Crippen molar-refractivity contribution in [2.75, 3.05) is 5.75 Å². The molecule has 0 radical (unpaired) electrons. The first-order valence-electron chi connectivity index (χ1n) is 13.3. The topological polar surface area (TPSA) is 60.7 Å². The third-order valence-corrected chi connectivity index (χ3v) is 10.1. The molecule has 0 amide bonds. The molecular weight excluding hydrogens is 428 g/mol. The molecule has 3 nitrogen and oxygen atoms in total. The summed E-state index contributed by atoms with van der Waals surface area (Å²) >= 11 is 1.58. The van der Waals surface area contributed by atoms with Crippen molar-refractivity contribution in [3.63, 3.8) is 0 Å². The molecule has 0 aromatic heterocycles. The number of rotatable bonds is 9. The number of unbranched alkanes of at least 4 members (excludes halogenated alkanes) is 2. The van der Waals surface area contributed by atoms with Crippen LogP contribution < -0.4 is 0 Å². The zero-order valence-corrected chi connectivity index (χ0v) is 22.4. The molecule has 3 aliphatic carbocycles. The van der Waals surface area contributed by atoms with Gasteiger partial charge in [-0.1, -0.05) is 57.4 Å². The van der Waals surface area contributed by atoms with E-state index in [1.54, 1.807) is 17.3 Å². The third-order valence-electron chi connectivity index (χ3n) is 8.75. The lowest BCUT2D eigenvalue weighted by molar-refractivity contribution is 0.0605. The van der Waals surface area contributed by atoms with Crippen LogP contribution in [0.3, 0.4) is 0 Å². The Kier molecular flexibility index (Phi) is 9.03. The summed E-state index contributed by atoms with van der Waals surface area (Å²) < 4.78 is 0. The quantitative estimate of drug-likeness (QED) is 0.249. The smallest absolute Gasteiger partial charge is 0.117 e. The van der Waals surface area contributed by atoms with E-state index in [-0.39, 0.29) is 0 Å². The van der Waals surface area contributed by atoms with Crippen LogP contribution in [0.15, 0.2) is 35.5 Å². The number of allylic oxidation sites excluding steroid dienone is 3. The Morgan fingerprint density at radius 3 is 2.64 bits per heavy atom. The van der Waals surface area contributed by atoms with Crippen molar-refractivity contribution in [3.05, 3.63) is 35.5 Å². The average molecular weight is 477 g/mol. The van der Waals surface area contributed by atoms with Gasteiger partial charge < -0.3 is 15.3 Å². The second-order valence-electron chi connectivity index (χ2n) is 11.9. The Bertz CT molecular complexity index is 748. The van der Waals surface area contributed by atoms with Gasteiger partial charge in [0.1, 0.15) is 4.93 Å². The molecule has 3 saturated carbocycles. The van der Waals surface area contributed by atoms with Gasteiger partial charge in [-0.3, -0.25) is 0 Å². The Morgan fingerprint density at radius 2 is 1.94 bits per heavy atom. The maximum atomic E-state index is 11.3. The number of aliphatic hydroxyl groups excluding tert-OH is 1. The Balaban J connectivity index is 1.62. The summed E-state index contributed by atoms with van der Waals surface area (Å²) in [6.07, 6.45) is 16.3. The zero-order valence-electron chi connectivity index (χ0n) is 21.5. The van der Waals surface area contributed by atoms with Crippen LogP contribution in [0.25, 0.3) is 0 Å². The number of aliphatic hydroxyl groups is 3. The zero-order chi connectivity index (χ0) is 24.3. The third kappa shape index (κ3) is 6.78. The lowest BCUT2D eigenvalue weighted by Crippen LogP contribution is -2.37. The second kappa shape index (κ2) is 11.0. The molecule has 33 heavy (non-hydrogen) atoms. The van der Waals surface area contributed by atoms with Gasteiger partial charge >= 0.3 is 0 Å². The van der Waals surface area contributed by atoms with E-state index in [1.165, 1.54) is 38.5 Å². The van der Waals surface area contributed by atoms with E-state index < -0.39 is 16.6 Å². The summed E-state index contributed by atoms with van der Waals surface area (Å²) in [4.78, 5) is -0.928. The van der Waals surface area contributed by atoms with Crippen LogP contribution in [0.2, 0.25) is 0 Å². The maximum absolute atomic E-state index is 11.3. The average Bonchev–Trinajstić information content (AvgIpc) is 3.08. The molecule has 3 N–H and O–H groups in total. The van der Waals surface area contributed by atoms with Crippen molar-refractivity contribution in [2.45, 2.75) is 121 Å². The van der Waals surface area contributed by atoms with Crippen molar-refractivity contribution in [1.82, 2.24) is 0 Å². The predicted octanol–water partition coefficient (Wildman–Crippen LogP) is 6.93. The lowest BCUT2D eigenvalue weighted by Gasteiger charge is -2.42. The van der Waals surface area contributed by atoms with E-state index in [9.17, 15) is 15.3 Å². The molecule has 3 fully saturated rings. The molecule has 0 aliphatic heterocycles. The lowest BCUT2D eigenvalue weighted by atomic mass is 9.63. The summed E-state index contributed by atoms with van der Waals surface area (Å²) in [7, 11) is 0. The van der Waals surface area contributed by atoms with Gasteiger partial charge in [0.25, 0.3) is 0 Å². The maximum Gasteiger partial charge on any atom is 0.117 e. The summed E-state index contributed by atoms with van der Waals surface area (Å²) in [5.41, 5.74) is 3.21. The van der Waals surface area contributed by atoms with E-state index in [1.807, 2.05) is 13.8 Å². The monoisotopic (exact) mass is 476 g/mol. The van der Waals surface area contributed by atoms with Gasteiger partial charge in [0.05, 0.1) is 11.7 Å². The Labute approximate surface area is 206 Å². The molecule has 188 valence electrons. The van der Waals surface area contributed by atoms with E-state index in [0.29, 0.717) is 24.2 Å². The van der Waals surface area contributed by atoms with Crippen molar-refractivity contribution in [1.29, 1.82) is 0 Å². The van der Waals surface area contributed by atoms with Crippen LogP contribution in [0.1, 0.15) is 105 Å². The van der Waals surface area contributed by atoms with Gasteiger partial charge in [-0.25, -0.2) is 0 Å². The highest BCUT2D eigenvalue weighted by atomic mass is 32.2. The SMILES string of the molecule is C=C1C(=CC=C2CCC[C@]3(C)[C@@H](CC)CC[C@@H]23)C[C@](O)(SCCCCCC(C)(C)O)C[C@@H]1O. The number of hydrogen-bond donors (Lipinski definition) is 3. The first-order valence-corrected chi connectivity index (χ1v) is 14.3. The number of hydrogen-bond acceptors (Lipinski definition) is 4. The highest BCUT2D eigenvalue weighted by Crippen LogP contribution is 2.58. The molecule has 4 heteroatoms. The molecule has 0 spiro atoms. The van der Waals surface area contributed by atoms with Gasteiger partial charge in [0.15, 0.2) is 0 Å². The van der Waals surface area contributed by atoms with Gasteiger partial charge in [-0.05, 0) is 92.9 Å². The van der Waals surface area contributed by atoms with Crippen LogP contribution in [0, 0.1) is 17.3 Å². The van der Waals surface area contributed by atoms with Crippen LogP contribution in [-0.4, -0.2) is 37.7 Å². The minimum absolute atomic E-state index is 0.354. The standard InChI is InChI=1S/C29H48O3S/c1-6-24-14-15-25-22(11-10-17-28(24,25)5)12-13-23-19-29(32,20-26(30)21(23)2)33-18-9-7-8-16-27(3,4)31/h12-13,24-26,30-32H,2,6-11,14-20H2,1,3-5H3/t24-,25-,26-,28+,29-/m0/s1. The first kappa shape index (κ1) is 27.0. The van der Waals surface area contributed by atoms with Crippen LogP contribution in [-0.2, 0) is 0 Å². The van der Waals surface area contributed by atoms with Crippen LogP contribution in [0.5, 0.6) is 0 Å². The normalized spacial score (nSPS) is 37.7. The van der Waals surface area contributed by atoms with E-state index in [0.717, 1.165) is 48.5 Å². The van der Waals surface area contributed by atoms with Gasteiger partial charge in [-0.15, -0.1) is 11.8 Å². The highest BCUT2D eigenvalue weighted by molar-refractivity contribution is 8.00. The summed E-state index contributed by atoms with van der Waals surface area (Å²) in [5, 5.41) is 31.8. The summed E-state index contributed by atoms with van der Waals surface area (Å²) in [6, 6.07) is 0. The fourth-order valence-corrected chi connectivity index (χ4v) is 7.98. The van der Waals surface area contributed by atoms with Crippen molar-refractivity contribution in [3.8, 4) is 0 Å². The highest BCUT2D eigenvalue weighted by Gasteiger charge is 2.48. The van der Waals surface area contributed by atoms with Gasteiger partial charge in [-0.2, -0.15) is 0 Å². The largest absolute Gasteiger partial charge is 0.390 e. The number of fused-ring (bicyclic) bond motifs is 1. The Hall–Kier alpha value is -0.550. The molecule has 3 rings (SSSR count). The van der Waals surface area contributed by atoms with Crippen LogP contribution in [0.4, 0.5) is 0 Å². The van der Waals surface area contributed by atoms with E-state index in [2.05, 4.69) is 32.6 Å². The van der Waals surface area contributed by atoms with Crippen molar-refractivity contribution >= 4 is 11.8 Å². The predicted molar refractivity (Wildman–Crippen MR) is 141 cm³/mol. The van der Waals surface area contributed by atoms with Crippen molar-refractivity contribution in [2.24, 2.45) is 17.3 Å². The molecule has 0 unspecified atom stereocenters. The minimum Gasteiger partial charge on any atom is -0.390 e. The van der Waals surface area contributed by atoms with E-state index >= 15 is 0 Å². The first-order chi connectivity index (χ1) is 15.5. The summed E-state index contributed by atoms with van der Waals surface area (Å²) in [5.74, 6) is 2.40. The molecule has 0 heterocycles. The fourth-order valence-electron chi connectivity index (χ4n) is 6.72. The molecule has 3 aliphatic rings. The molecule has 0 aromatic rings. The molecule has 5 atom stereocenters. The molecular formula is C29H48O3S. The molecule has 0 aromatic carbocycles. The summed E-state index contributed by atoms with van der Waals surface area (Å²) in [6.45, 7) is 12.7. The van der Waals surface area contributed by atoms with Crippen molar-refractivity contribution < 1.29 is 15.3 Å². The van der Waals surface area contributed by atoms with Gasteiger partial charge in [0.2, 0.25) is 0 Å². The molecule has 0 saturated heterocycles.